The molecule has 0 aromatic heterocycles. The average Bonchev–Trinajstić information content (AvgIpc) is 3.37. The van der Waals surface area contributed by atoms with Gasteiger partial charge in [-0.1, -0.05) is 0 Å². The van der Waals surface area contributed by atoms with Crippen LogP contribution in [-0.2, 0) is 18.8 Å². The van der Waals surface area contributed by atoms with Crippen molar-refractivity contribution >= 4 is 31.4 Å². The molecule has 3 heteroatoms. The maximum atomic E-state index is 2.63. The third-order valence-electron chi connectivity index (χ3n) is 6.14. The van der Waals surface area contributed by atoms with Crippen molar-refractivity contribution in [2.75, 3.05) is 0 Å². The molecule has 0 atom stereocenters. The summed E-state index contributed by atoms with van der Waals surface area (Å²) in [6.07, 6.45) is 16.1. The van der Waals surface area contributed by atoms with E-state index < -0.39 is 18.8 Å². The van der Waals surface area contributed by atoms with E-state index in [4.69, 9.17) is 0 Å². The summed E-state index contributed by atoms with van der Waals surface area (Å²) in [4.78, 5) is 0. The molecule has 2 aromatic carbocycles. The SMILES string of the molecule is Cl.Cl.[CH3][Zr]([C]1=CC=CC1)([C]1=CC=CC1)([c]1ccccc1)[c]1ccccc1. The van der Waals surface area contributed by atoms with Gasteiger partial charge in [0.2, 0.25) is 0 Å². The Morgan fingerprint density at radius 1 is 0.615 bits per heavy atom. The van der Waals surface area contributed by atoms with Crippen LogP contribution in [0.2, 0.25) is 4.63 Å². The minimum absolute atomic E-state index is 0. The predicted octanol–water partition coefficient (Wildman–Crippen LogP) is 5.91. The van der Waals surface area contributed by atoms with Crippen molar-refractivity contribution in [1.29, 1.82) is 0 Å². The van der Waals surface area contributed by atoms with Gasteiger partial charge in [-0.2, -0.15) is 0 Å². The van der Waals surface area contributed by atoms with Gasteiger partial charge in [-0.25, -0.2) is 0 Å². The molecule has 26 heavy (non-hydrogen) atoms. The topological polar surface area (TPSA) is 0 Å². The zero-order chi connectivity index (χ0) is 16.5. The van der Waals surface area contributed by atoms with E-state index >= 15 is 0 Å². The number of hydrogen-bond donors (Lipinski definition) is 0. The Hall–Kier alpha value is -1.14. The standard InChI is InChI=1S/2C6H5.2C5H5.CH3.2ClH.Zr/c2*1-2-4-6-5-3-1;2*1-2-4-5-3-1;;;;/h2*1-5H;2*1-3H,4H2;1H3;2*1H;. The monoisotopic (exact) mass is 461 g/mol. The second-order valence-corrected chi connectivity index (χ2v) is 21.7. The van der Waals surface area contributed by atoms with Crippen LogP contribution in [0.25, 0.3) is 0 Å². The zero-order valence-electron chi connectivity index (χ0n) is 15.0. The van der Waals surface area contributed by atoms with Gasteiger partial charge in [0.05, 0.1) is 0 Å². The second kappa shape index (κ2) is 8.26. The van der Waals surface area contributed by atoms with Gasteiger partial charge in [0.1, 0.15) is 0 Å². The molecule has 0 aliphatic heterocycles. The fourth-order valence-electron chi connectivity index (χ4n) is 4.65. The normalized spacial score (nSPS) is 16.7. The van der Waals surface area contributed by atoms with Crippen LogP contribution in [0.1, 0.15) is 12.8 Å². The van der Waals surface area contributed by atoms with Gasteiger partial charge < -0.3 is 0 Å². The molecule has 0 radical (unpaired) electrons. The van der Waals surface area contributed by atoms with Crippen LogP contribution in [0, 0.1) is 0 Å². The van der Waals surface area contributed by atoms with E-state index in [0.29, 0.717) is 0 Å². The maximum absolute atomic E-state index is 3.77. The molecule has 0 bridgehead atoms. The van der Waals surface area contributed by atoms with Crippen LogP contribution in [0.3, 0.4) is 0 Å². The first-order valence-corrected chi connectivity index (χ1v) is 16.1. The fraction of sp³-hybridized carbons (Fsp3) is 0.130. The molecule has 0 unspecified atom stereocenters. The molecule has 0 saturated heterocycles. The summed E-state index contributed by atoms with van der Waals surface area (Å²) in [5.74, 6) is 0. The molecule has 2 aromatic rings. The van der Waals surface area contributed by atoms with Crippen LogP contribution in [-0.4, -0.2) is 0 Å². The molecule has 2 aliphatic rings. The van der Waals surface area contributed by atoms with Gasteiger partial charge in [-0.15, -0.1) is 24.8 Å². The Bertz CT molecular complexity index is 803. The van der Waals surface area contributed by atoms with Gasteiger partial charge in [-0.05, 0) is 0 Å². The summed E-state index contributed by atoms with van der Waals surface area (Å²) in [5, 5.41) is 0. The number of benzene rings is 2. The van der Waals surface area contributed by atoms with Crippen LogP contribution < -0.4 is 6.54 Å². The quantitative estimate of drug-likeness (QED) is 0.529. The Labute approximate surface area is 170 Å². The molecule has 0 amide bonds. The number of halogens is 2. The summed E-state index contributed by atoms with van der Waals surface area (Å²) in [5.41, 5.74) is 0. The third-order valence-corrected chi connectivity index (χ3v) is 24.6. The van der Waals surface area contributed by atoms with Crippen LogP contribution in [0.5, 0.6) is 0 Å². The molecular formula is C23H25Cl2Zr. The zero-order valence-corrected chi connectivity index (χ0v) is 19.1. The second-order valence-electron chi connectivity index (χ2n) is 7.13. The van der Waals surface area contributed by atoms with E-state index in [0.717, 1.165) is 12.8 Å². The van der Waals surface area contributed by atoms with Crippen molar-refractivity contribution in [3.63, 3.8) is 0 Å². The summed E-state index contributed by atoms with van der Waals surface area (Å²) >= 11 is -3.77. The van der Waals surface area contributed by atoms with E-state index in [-0.39, 0.29) is 24.8 Å². The van der Waals surface area contributed by atoms with Crippen molar-refractivity contribution in [3.05, 3.63) is 104 Å². The van der Waals surface area contributed by atoms with Gasteiger partial charge in [0.15, 0.2) is 0 Å². The molecule has 2 aliphatic carbocycles. The Morgan fingerprint density at radius 2 is 1.00 bits per heavy atom. The predicted molar refractivity (Wildman–Crippen MR) is 116 cm³/mol. The van der Waals surface area contributed by atoms with Crippen LogP contribution >= 0.6 is 24.8 Å². The first-order valence-electron chi connectivity index (χ1n) is 8.76. The van der Waals surface area contributed by atoms with Gasteiger partial charge in [0.25, 0.3) is 0 Å². The van der Waals surface area contributed by atoms with E-state index in [1.807, 2.05) is 0 Å². The Balaban J connectivity index is 0.00000121. The van der Waals surface area contributed by atoms with Gasteiger partial charge in [0, 0.05) is 0 Å². The molecule has 135 valence electrons. The number of allylic oxidation sites excluding steroid dienone is 8. The van der Waals surface area contributed by atoms with Crippen molar-refractivity contribution in [1.82, 2.24) is 0 Å². The summed E-state index contributed by atoms with van der Waals surface area (Å²) in [6, 6.07) is 22.6. The number of hydrogen-bond acceptors (Lipinski definition) is 0. The van der Waals surface area contributed by atoms with E-state index in [1.165, 1.54) is 0 Å². The van der Waals surface area contributed by atoms with Crippen LogP contribution in [0.15, 0.2) is 104 Å². The molecule has 4 rings (SSSR count). The molecule has 0 nitrogen and oxygen atoms in total. The molecule has 0 heterocycles. The summed E-state index contributed by atoms with van der Waals surface area (Å²) < 4.78 is 9.04. The van der Waals surface area contributed by atoms with Crippen molar-refractivity contribution in [2.24, 2.45) is 0 Å². The minimum atomic E-state index is -3.77. The molecule has 0 spiro atoms. The Morgan fingerprint density at radius 3 is 1.31 bits per heavy atom. The van der Waals surface area contributed by atoms with Crippen molar-refractivity contribution < 1.29 is 18.8 Å². The third kappa shape index (κ3) is 2.95. The first-order chi connectivity index (χ1) is 11.7. The van der Waals surface area contributed by atoms with Crippen molar-refractivity contribution in [3.8, 4) is 0 Å². The van der Waals surface area contributed by atoms with E-state index in [1.54, 1.807) is 13.1 Å². The van der Waals surface area contributed by atoms with Gasteiger partial charge in [-0.3, -0.25) is 0 Å². The molecular weight excluding hydrogens is 438 g/mol. The fourth-order valence-corrected chi connectivity index (χ4v) is 20.8. The average molecular weight is 464 g/mol. The van der Waals surface area contributed by atoms with E-state index in [2.05, 4.69) is 102 Å². The summed E-state index contributed by atoms with van der Waals surface area (Å²) in [6.45, 7) is 0. The van der Waals surface area contributed by atoms with Crippen LogP contribution in [0.4, 0.5) is 0 Å². The summed E-state index contributed by atoms with van der Waals surface area (Å²) in [7, 11) is 0. The molecule has 0 N–H and O–H groups in total. The molecule has 0 saturated carbocycles. The van der Waals surface area contributed by atoms with Gasteiger partial charge >= 0.3 is 146 Å². The first kappa shape index (κ1) is 21.2. The van der Waals surface area contributed by atoms with Crippen molar-refractivity contribution in [2.45, 2.75) is 17.5 Å². The number of rotatable bonds is 4. The molecule has 0 fully saturated rings. The van der Waals surface area contributed by atoms with E-state index in [9.17, 15) is 0 Å². The Kier molecular flexibility index (Phi) is 6.72.